The summed E-state index contributed by atoms with van der Waals surface area (Å²) in [5.74, 6) is 0. The van der Waals surface area contributed by atoms with Gasteiger partial charge < -0.3 is 0 Å². The van der Waals surface area contributed by atoms with Crippen molar-refractivity contribution in [3.05, 3.63) is 82.8 Å². The quantitative estimate of drug-likeness (QED) is 0.663. The molecule has 0 bridgehead atoms. The van der Waals surface area contributed by atoms with Gasteiger partial charge in [0.1, 0.15) is 12.7 Å². The number of benzene rings is 2. The second-order valence-corrected chi connectivity index (χ2v) is 8.99. The molecule has 0 N–H and O–H groups in total. The Morgan fingerprint density at radius 2 is 1.82 bits per heavy atom. The summed E-state index contributed by atoms with van der Waals surface area (Å²) in [6, 6.07) is 15.4. The van der Waals surface area contributed by atoms with Gasteiger partial charge in [0.2, 0.25) is 10.0 Å². The van der Waals surface area contributed by atoms with Gasteiger partial charge in [-0.25, -0.2) is 18.1 Å². The van der Waals surface area contributed by atoms with Crippen LogP contribution in [0.25, 0.3) is 11.8 Å². The van der Waals surface area contributed by atoms with E-state index in [4.69, 9.17) is 0 Å². The summed E-state index contributed by atoms with van der Waals surface area (Å²) >= 11 is 0. The standard InChI is InChI=1S/C21H22N4O2S/c1-16(17-7-10-20(11-8-17)25-15-22-14-23-25)24(2)28(26,27)21-12-9-18-5-3-4-6-19(18)13-21/h3-8,10-11,13-16H,9,12H2,1-2H3/t16-/m1/s1. The molecule has 1 heterocycles. The zero-order valence-corrected chi connectivity index (χ0v) is 16.7. The highest BCUT2D eigenvalue weighted by Crippen LogP contribution is 2.32. The van der Waals surface area contributed by atoms with Crippen molar-refractivity contribution in [2.75, 3.05) is 7.05 Å². The van der Waals surface area contributed by atoms with E-state index in [9.17, 15) is 8.42 Å². The van der Waals surface area contributed by atoms with Crippen LogP contribution in [0.4, 0.5) is 0 Å². The number of allylic oxidation sites excluding steroid dienone is 1. The second-order valence-electron chi connectivity index (χ2n) is 6.94. The maximum atomic E-state index is 13.2. The van der Waals surface area contributed by atoms with Crippen molar-refractivity contribution < 1.29 is 8.42 Å². The van der Waals surface area contributed by atoms with E-state index >= 15 is 0 Å². The van der Waals surface area contributed by atoms with Gasteiger partial charge in [-0.3, -0.25) is 0 Å². The van der Waals surface area contributed by atoms with Crippen LogP contribution >= 0.6 is 0 Å². The van der Waals surface area contributed by atoms with Crippen LogP contribution in [0.3, 0.4) is 0 Å². The molecule has 1 aromatic heterocycles. The van der Waals surface area contributed by atoms with E-state index in [1.807, 2.05) is 55.5 Å². The molecule has 0 aliphatic heterocycles. The van der Waals surface area contributed by atoms with Crippen LogP contribution in [0.5, 0.6) is 0 Å². The summed E-state index contributed by atoms with van der Waals surface area (Å²) in [5.41, 5.74) is 3.99. The summed E-state index contributed by atoms with van der Waals surface area (Å²) in [6.45, 7) is 1.90. The Balaban J connectivity index is 1.58. The van der Waals surface area contributed by atoms with E-state index in [0.29, 0.717) is 11.3 Å². The van der Waals surface area contributed by atoms with Crippen molar-refractivity contribution in [1.82, 2.24) is 19.1 Å². The van der Waals surface area contributed by atoms with Crippen molar-refractivity contribution >= 4 is 16.1 Å². The van der Waals surface area contributed by atoms with Crippen molar-refractivity contribution in [3.63, 3.8) is 0 Å². The largest absolute Gasteiger partial charge is 0.239 e. The van der Waals surface area contributed by atoms with Gasteiger partial charge in [-0.2, -0.15) is 9.40 Å². The minimum atomic E-state index is -3.54. The van der Waals surface area contributed by atoms with Crippen LogP contribution in [-0.4, -0.2) is 34.5 Å². The zero-order chi connectivity index (χ0) is 19.7. The fourth-order valence-corrected chi connectivity index (χ4v) is 5.00. The maximum absolute atomic E-state index is 13.2. The summed E-state index contributed by atoms with van der Waals surface area (Å²) in [7, 11) is -1.89. The molecule has 6 nitrogen and oxygen atoms in total. The minimum absolute atomic E-state index is 0.284. The number of aryl methyl sites for hydroxylation is 1. The summed E-state index contributed by atoms with van der Waals surface area (Å²) in [6.07, 6.45) is 6.19. The smallest absolute Gasteiger partial charge is 0.223 e. The molecule has 1 aliphatic rings. The van der Waals surface area contributed by atoms with Crippen LogP contribution < -0.4 is 0 Å². The predicted octanol–water partition coefficient (Wildman–Crippen LogP) is 3.58. The lowest BCUT2D eigenvalue weighted by Crippen LogP contribution is -2.31. The molecule has 0 saturated heterocycles. The van der Waals surface area contributed by atoms with Gasteiger partial charge >= 0.3 is 0 Å². The third kappa shape index (κ3) is 3.39. The summed E-state index contributed by atoms with van der Waals surface area (Å²) < 4.78 is 29.5. The van der Waals surface area contributed by atoms with Crippen LogP contribution in [0.15, 0.2) is 66.1 Å². The normalized spacial score (nSPS) is 15.2. The van der Waals surface area contributed by atoms with Gasteiger partial charge in [0.25, 0.3) is 0 Å². The highest BCUT2D eigenvalue weighted by molar-refractivity contribution is 7.93. The first-order valence-electron chi connectivity index (χ1n) is 9.18. The molecule has 1 atom stereocenters. The van der Waals surface area contributed by atoms with Gasteiger partial charge in [0.15, 0.2) is 0 Å². The molecule has 3 aromatic rings. The third-order valence-electron chi connectivity index (χ3n) is 5.33. The SMILES string of the molecule is C[C@H](c1ccc(-n2cncn2)cc1)N(C)S(=O)(=O)C1=Cc2ccccc2CC1. The van der Waals surface area contributed by atoms with Gasteiger partial charge in [-0.05, 0) is 54.7 Å². The monoisotopic (exact) mass is 394 g/mol. The average molecular weight is 395 g/mol. The Hall–Kier alpha value is -2.77. The number of hydrogen-bond donors (Lipinski definition) is 0. The third-order valence-corrected chi connectivity index (χ3v) is 7.39. The first-order chi connectivity index (χ1) is 13.5. The molecule has 0 radical (unpaired) electrons. The number of aromatic nitrogens is 3. The van der Waals surface area contributed by atoms with Crippen molar-refractivity contribution in [2.24, 2.45) is 0 Å². The van der Waals surface area contributed by atoms with E-state index in [1.165, 1.54) is 16.2 Å². The highest BCUT2D eigenvalue weighted by atomic mass is 32.2. The number of fused-ring (bicyclic) bond motifs is 1. The molecule has 0 fully saturated rings. The molecule has 0 saturated carbocycles. The predicted molar refractivity (Wildman–Crippen MR) is 109 cm³/mol. The lowest BCUT2D eigenvalue weighted by Gasteiger charge is -2.27. The van der Waals surface area contributed by atoms with Crippen molar-refractivity contribution in [2.45, 2.75) is 25.8 Å². The number of nitrogens with zero attached hydrogens (tertiary/aromatic N) is 4. The van der Waals surface area contributed by atoms with Crippen LogP contribution in [-0.2, 0) is 16.4 Å². The van der Waals surface area contributed by atoms with Gasteiger partial charge in [0, 0.05) is 13.1 Å². The number of sulfonamides is 1. The Labute approximate surface area is 165 Å². The topological polar surface area (TPSA) is 68.1 Å². The van der Waals surface area contributed by atoms with E-state index in [0.717, 1.165) is 23.2 Å². The first kappa shape index (κ1) is 18.6. The average Bonchev–Trinajstić information content (AvgIpc) is 3.27. The molecular weight excluding hydrogens is 372 g/mol. The zero-order valence-electron chi connectivity index (χ0n) is 15.9. The molecule has 7 heteroatoms. The van der Waals surface area contributed by atoms with Crippen LogP contribution in [0.1, 0.15) is 36.1 Å². The van der Waals surface area contributed by atoms with E-state index in [1.54, 1.807) is 18.1 Å². The van der Waals surface area contributed by atoms with Crippen LogP contribution in [0, 0.1) is 0 Å². The Morgan fingerprint density at radius 3 is 2.54 bits per heavy atom. The fraction of sp³-hybridized carbons (Fsp3) is 0.238. The van der Waals surface area contributed by atoms with Gasteiger partial charge in [-0.1, -0.05) is 36.4 Å². The summed E-state index contributed by atoms with van der Waals surface area (Å²) in [5, 5.41) is 4.11. The van der Waals surface area contributed by atoms with Gasteiger partial charge in [0.05, 0.1) is 10.6 Å². The van der Waals surface area contributed by atoms with E-state index in [2.05, 4.69) is 16.1 Å². The lowest BCUT2D eigenvalue weighted by atomic mass is 9.98. The molecular formula is C21H22N4O2S. The van der Waals surface area contributed by atoms with Gasteiger partial charge in [-0.15, -0.1) is 0 Å². The Kier molecular flexibility index (Phi) is 4.87. The molecule has 28 heavy (non-hydrogen) atoms. The molecule has 2 aromatic carbocycles. The molecule has 0 spiro atoms. The fourth-order valence-electron chi connectivity index (χ4n) is 3.46. The first-order valence-corrected chi connectivity index (χ1v) is 10.6. The Bertz CT molecular complexity index is 1100. The molecule has 0 unspecified atom stereocenters. The molecule has 4 rings (SSSR count). The molecule has 144 valence electrons. The van der Waals surface area contributed by atoms with Crippen LogP contribution in [0.2, 0.25) is 0 Å². The van der Waals surface area contributed by atoms with Crippen molar-refractivity contribution in [1.29, 1.82) is 0 Å². The number of hydrogen-bond acceptors (Lipinski definition) is 4. The number of rotatable bonds is 5. The lowest BCUT2D eigenvalue weighted by molar-refractivity contribution is 0.402. The summed E-state index contributed by atoms with van der Waals surface area (Å²) in [4.78, 5) is 4.41. The molecule has 0 amide bonds. The molecule has 1 aliphatic carbocycles. The maximum Gasteiger partial charge on any atom is 0.239 e. The van der Waals surface area contributed by atoms with E-state index in [-0.39, 0.29) is 6.04 Å². The van der Waals surface area contributed by atoms with Crippen molar-refractivity contribution in [3.8, 4) is 5.69 Å². The minimum Gasteiger partial charge on any atom is -0.223 e. The Morgan fingerprint density at radius 1 is 1.07 bits per heavy atom. The van der Waals surface area contributed by atoms with E-state index < -0.39 is 10.0 Å². The highest BCUT2D eigenvalue weighted by Gasteiger charge is 2.29. The second kappa shape index (κ2) is 7.33.